The number of urea groups is 1. The molecule has 0 saturated carbocycles. The highest BCUT2D eigenvalue weighted by Gasteiger charge is 2.30. The first-order chi connectivity index (χ1) is 15.2. The van der Waals surface area contributed by atoms with Crippen LogP contribution >= 0.6 is 0 Å². The summed E-state index contributed by atoms with van der Waals surface area (Å²) < 4.78 is 67.2. The van der Waals surface area contributed by atoms with E-state index < -0.39 is 29.4 Å². The third-order valence-corrected chi connectivity index (χ3v) is 4.69. The lowest BCUT2D eigenvalue weighted by Gasteiger charge is -2.23. The first-order valence-corrected chi connectivity index (χ1v) is 9.59. The molecule has 0 spiro atoms. The Balaban J connectivity index is 1.75. The molecule has 0 aliphatic carbocycles. The van der Waals surface area contributed by atoms with E-state index in [1.807, 2.05) is 0 Å². The van der Waals surface area contributed by atoms with Crippen molar-refractivity contribution in [3.8, 4) is 0 Å². The summed E-state index contributed by atoms with van der Waals surface area (Å²) in [5.74, 6) is -2.12. The Kier molecular flexibility index (Phi) is 6.97. The minimum absolute atomic E-state index is 0.0855. The normalized spacial score (nSPS) is 11.3. The third kappa shape index (κ3) is 5.75. The van der Waals surface area contributed by atoms with Gasteiger partial charge in [0.05, 0.1) is 12.1 Å². The summed E-state index contributed by atoms with van der Waals surface area (Å²) in [6.45, 7) is 4.08. The zero-order valence-corrected chi connectivity index (χ0v) is 16.9. The van der Waals surface area contributed by atoms with Gasteiger partial charge in [-0.05, 0) is 42.0 Å². The lowest BCUT2D eigenvalue weighted by Crippen LogP contribution is -2.35. The molecular formula is C23H20F5N3O. The van der Waals surface area contributed by atoms with E-state index in [1.54, 1.807) is 29.0 Å². The van der Waals surface area contributed by atoms with Gasteiger partial charge in [-0.25, -0.2) is 13.6 Å². The average molecular weight is 449 g/mol. The molecule has 0 fully saturated rings. The highest BCUT2D eigenvalue weighted by atomic mass is 19.4. The summed E-state index contributed by atoms with van der Waals surface area (Å²) in [6, 6.07) is 10.9. The fourth-order valence-electron chi connectivity index (χ4n) is 3.14. The average Bonchev–Trinajstić information content (AvgIpc) is 3.16. The smallest absolute Gasteiger partial charge is 0.345 e. The Morgan fingerprint density at radius 3 is 2.53 bits per heavy atom. The molecular weight excluding hydrogens is 429 g/mol. The second kappa shape index (κ2) is 9.67. The molecule has 1 heterocycles. The van der Waals surface area contributed by atoms with Gasteiger partial charge in [0, 0.05) is 36.7 Å². The maximum atomic E-state index is 13.4. The van der Waals surface area contributed by atoms with Crippen molar-refractivity contribution in [2.24, 2.45) is 0 Å². The van der Waals surface area contributed by atoms with Crippen molar-refractivity contribution in [1.82, 2.24) is 9.47 Å². The van der Waals surface area contributed by atoms with Crippen LogP contribution in [0.2, 0.25) is 0 Å². The van der Waals surface area contributed by atoms with Crippen molar-refractivity contribution in [1.29, 1.82) is 0 Å². The zero-order chi connectivity index (χ0) is 23.3. The Morgan fingerprint density at radius 2 is 1.84 bits per heavy atom. The maximum absolute atomic E-state index is 13.4. The van der Waals surface area contributed by atoms with Crippen LogP contribution in [0.15, 0.2) is 73.4 Å². The van der Waals surface area contributed by atoms with Gasteiger partial charge in [-0.3, -0.25) is 0 Å². The molecule has 3 rings (SSSR count). The molecule has 3 aromatic rings. The summed E-state index contributed by atoms with van der Waals surface area (Å²) in [7, 11) is 0. The number of benzene rings is 2. The van der Waals surface area contributed by atoms with Gasteiger partial charge in [-0.1, -0.05) is 18.2 Å². The minimum atomic E-state index is -4.44. The quantitative estimate of drug-likeness (QED) is 0.346. The van der Waals surface area contributed by atoms with Crippen LogP contribution in [0.4, 0.5) is 32.4 Å². The number of rotatable bonds is 7. The monoisotopic (exact) mass is 449 g/mol. The highest BCUT2D eigenvalue weighted by molar-refractivity contribution is 5.89. The molecule has 2 aromatic carbocycles. The van der Waals surface area contributed by atoms with E-state index >= 15 is 0 Å². The van der Waals surface area contributed by atoms with E-state index in [1.165, 1.54) is 23.1 Å². The molecule has 32 heavy (non-hydrogen) atoms. The molecule has 4 nitrogen and oxygen atoms in total. The number of anilines is 1. The van der Waals surface area contributed by atoms with Crippen LogP contribution in [0.1, 0.15) is 16.8 Å². The molecule has 0 aliphatic heterocycles. The van der Waals surface area contributed by atoms with Crippen LogP contribution in [-0.2, 0) is 19.3 Å². The number of hydrogen-bond donors (Lipinski definition) is 1. The topological polar surface area (TPSA) is 37.3 Å². The molecule has 0 radical (unpaired) electrons. The van der Waals surface area contributed by atoms with Crippen LogP contribution in [0.5, 0.6) is 0 Å². The predicted molar refractivity (Wildman–Crippen MR) is 111 cm³/mol. The van der Waals surface area contributed by atoms with Gasteiger partial charge in [-0.2, -0.15) is 13.2 Å². The van der Waals surface area contributed by atoms with Crippen LogP contribution < -0.4 is 5.32 Å². The molecule has 0 atom stereocenters. The molecule has 0 bridgehead atoms. The summed E-state index contributed by atoms with van der Waals surface area (Å²) in [5, 5.41) is 2.50. The number of alkyl halides is 3. The second-order valence-corrected chi connectivity index (χ2v) is 7.05. The molecule has 1 aromatic heterocycles. The van der Waals surface area contributed by atoms with E-state index in [4.69, 9.17) is 0 Å². The van der Waals surface area contributed by atoms with E-state index in [2.05, 4.69) is 11.9 Å². The number of hydrogen-bond acceptors (Lipinski definition) is 1. The lowest BCUT2D eigenvalue weighted by molar-refractivity contribution is -0.137. The largest absolute Gasteiger partial charge is 0.416 e. The van der Waals surface area contributed by atoms with Crippen molar-refractivity contribution in [2.45, 2.75) is 19.3 Å². The Labute approximate surface area is 181 Å². The van der Waals surface area contributed by atoms with Gasteiger partial charge in [0.1, 0.15) is 0 Å². The Morgan fingerprint density at radius 1 is 1.06 bits per heavy atom. The first kappa shape index (κ1) is 23.1. The van der Waals surface area contributed by atoms with Crippen LogP contribution in [0.3, 0.4) is 0 Å². The zero-order valence-electron chi connectivity index (χ0n) is 16.9. The van der Waals surface area contributed by atoms with Crippen molar-refractivity contribution in [2.75, 3.05) is 11.9 Å². The van der Waals surface area contributed by atoms with Crippen molar-refractivity contribution < 1.29 is 26.7 Å². The van der Waals surface area contributed by atoms with Crippen molar-refractivity contribution in [3.63, 3.8) is 0 Å². The number of carbonyl (C=O) groups is 1. The SMILES string of the molecule is C=CCN(Cc1cccn1Cc1cccc(C(F)(F)F)c1)C(=O)Nc1ccc(F)c(F)c1. The van der Waals surface area contributed by atoms with E-state index in [-0.39, 0.29) is 25.3 Å². The molecule has 0 saturated heterocycles. The van der Waals surface area contributed by atoms with Crippen LogP contribution in [-0.4, -0.2) is 22.0 Å². The number of nitrogens with one attached hydrogen (secondary N) is 1. The molecule has 9 heteroatoms. The lowest BCUT2D eigenvalue weighted by atomic mass is 10.1. The van der Waals surface area contributed by atoms with Crippen LogP contribution in [0.25, 0.3) is 0 Å². The summed E-state index contributed by atoms with van der Waals surface area (Å²) in [6.07, 6.45) is -1.23. The maximum Gasteiger partial charge on any atom is 0.416 e. The minimum Gasteiger partial charge on any atom is -0.345 e. The first-order valence-electron chi connectivity index (χ1n) is 9.59. The standard InChI is InChI=1S/C23H20F5N3O/c1-2-10-31(22(32)29-18-8-9-20(24)21(25)13-18)15-19-7-4-11-30(19)14-16-5-3-6-17(12-16)23(26,27)28/h2-9,11-13H,1,10,14-15H2,(H,29,32). The van der Waals surface area contributed by atoms with Crippen molar-refractivity contribution in [3.05, 3.63) is 102 Å². The van der Waals surface area contributed by atoms with E-state index in [0.29, 0.717) is 11.3 Å². The summed E-state index contributed by atoms with van der Waals surface area (Å²) in [4.78, 5) is 14.0. The van der Waals surface area contributed by atoms with Gasteiger partial charge >= 0.3 is 12.2 Å². The van der Waals surface area contributed by atoms with Crippen molar-refractivity contribution >= 4 is 11.7 Å². The fourth-order valence-corrected chi connectivity index (χ4v) is 3.14. The number of carbonyl (C=O) groups excluding carboxylic acids is 1. The molecule has 168 valence electrons. The second-order valence-electron chi connectivity index (χ2n) is 7.05. The predicted octanol–water partition coefficient (Wildman–Crippen LogP) is 6.05. The number of nitrogens with zero attached hydrogens (tertiary/aromatic N) is 2. The van der Waals surface area contributed by atoms with Gasteiger partial charge in [0.25, 0.3) is 0 Å². The summed E-state index contributed by atoms with van der Waals surface area (Å²) >= 11 is 0. The van der Waals surface area contributed by atoms with E-state index in [9.17, 15) is 26.7 Å². The van der Waals surface area contributed by atoms with E-state index in [0.717, 1.165) is 24.3 Å². The molecule has 0 aliphatic rings. The number of amides is 2. The molecule has 2 amide bonds. The molecule has 1 N–H and O–H groups in total. The Hall–Kier alpha value is -3.62. The number of halogens is 5. The fraction of sp³-hybridized carbons (Fsp3) is 0.174. The summed E-state index contributed by atoms with van der Waals surface area (Å²) in [5.41, 5.74) is 0.480. The van der Waals surface area contributed by atoms with Gasteiger partial charge < -0.3 is 14.8 Å². The molecule has 0 unspecified atom stereocenters. The van der Waals surface area contributed by atoms with Gasteiger partial charge in [0.15, 0.2) is 11.6 Å². The Bertz CT molecular complexity index is 1110. The third-order valence-electron chi connectivity index (χ3n) is 4.69. The number of aromatic nitrogens is 1. The van der Waals surface area contributed by atoms with Crippen LogP contribution in [0, 0.1) is 11.6 Å². The van der Waals surface area contributed by atoms with Gasteiger partial charge in [0.2, 0.25) is 0 Å². The van der Waals surface area contributed by atoms with Gasteiger partial charge in [-0.15, -0.1) is 6.58 Å². The highest BCUT2D eigenvalue weighted by Crippen LogP contribution is 2.29.